The predicted octanol–water partition coefficient (Wildman–Crippen LogP) is 4.33. The molecule has 0 fully saturated rings. The summed E-state index contributed by atoms with van der Waals surface area (Å²) < 4.78 is 11.2. The number of carboxylic acid groups (broad SMARTS) is 1. The lowest BCUT2D eigenvalue weighted by Gasteiger charge is -2.18. The molecule has 8 nitrogen and oxygen atoms in total. The molecule has 1 N–H and O–H groups in total. The van der Waals surface area contributed by atoms with Crippen molar-refractivity contribution in [3.63, 3.8) is 0 Å². The number of nitriles is 1. The van der Waals surface area contributed by atoms with Crippen LogP contribution in [0.15, 0.2) is 40.9 Å². The van der Waals surface area contributed by atoms with Crippen LogP contribution in [0.2, 0.25) is 0 Å². The van der Waals surface area contributed by atoms with Crippen molar-refractivity contribution >= 4 is 5.97 Å². The molecule has 8 heteroatoms. The Kier molecular flexibility index (Phi) is 7.24. The predicted molar refractivity (Wildman–Crippen MR) is 126 cm³/mol. The summed E-state index contributed by atoms with van der Waals surface area (Å²) in [4.78, 5) is 17.7. The molecule has 34 heavy (non-hydrogen) atoms. The third-order valence-corrected chi connectivity index (χ3v) is 5.86. The zero-order chi connectivity index (χ0) is 24.1. The summed E-state index contributed by atoms with van der Waals surface area (Å²) in [5, 5.41) is 22.5. The van der Waals surface area contributed by atoms with Crippen LogP contribution in [0.25, 0.3) is 22.8 Å². The number of benzene rings is 2. The van der Waals surface area contributed by atoms with Gasteiger partial charge in [0.15, 0.2) is 0 Å². The van der Waals surface area contributed by atoms with E-state index < -0.39 is 5.97 Å². The number of carbonyl (C=O) groups is 1. The van der Waals surface area contributed by atoms with Gasteiger partial charge < -0.3 is 19.3 Å². The minimum Gasteiger partial charge on any atom is -0.490 e. The van der Waals surface area contributed by atoms with Gasteiger partial charge in [0.25, 0.3) is 5.89 Å². The van der Waals surface area contributed by atoms with E-state index in [1.54, 1.807) is 12.1 Å². The summed E-state index contributed by atoms with van der Waals surface area (Å²) in [6.07, 6.45) is 2.67. The first-order valence-electron chi connectivity index (χ1n) is 11.5. The van der Waals surface area contributed by atoms with Crippen LogP contribution in [0.1, 0.15) is 43.4 Å². The molecule has 4 rings (SSSR count). The van der Waals surface area contributed by atoms with Crippen molar-refractivity contribution in [3.8, 4) is 34.7 Å². The van der Waals surface area contributed by atoms with Crippen molar-refractivity contribution in [3.05, 3.63) is 53.1 Å². The van der Waals surface area contributed by atoms with Crippen molar-refractivity contribution in [1.82, 2.24) is 15.0 Å². The summed E-state index contributed by atoms with van der Waals surface area (Å²) in [6, 6.07) is 13.7. The van der Waals surface area contributed by atoms with E-state index in [9.17, 15) is 10.1 Å². The summed E-state index contributed by atoms with van der Waals surface area (Å²) in [6.45, 7) is 6.45. The average molecular weight is 461 g/mol. The smallest absolute Gasteiger partial charge is 0.303 e. The fraction of sp³-hybridized carbons (Fsp3) is 0.385. The van der Waals surface area contributed by atoms with E-state index in [4.69, 9.17) is 14.4 Å². The maximum Gasteiger partial charge on any atom is 0.303 e. The third kappa shape index (κ3) is 5.61. The van der Waals surface area contributed by atoms with E-state index in [1.807, 2.05) is 26.0 Å². The molecule has 1 aliphatic rings. The SMILES string of the molecule is CC(C)Oc1ccc(-c2nc(-c3ccc4c(c3)CCN(CCCC(=O)O)CC4)no2)cc1C#N. The van der Waals surface area contributed by atoms with Gasteiger partial charge in [-0.3, -0.25) is 4.79 Å². The van der Waals surface area contributed by atoms with E-state index >= 15 is 0 Å². The van der Waals surface area contributed by atoms with Gasteiger partial charge in [-0.25, -0.2) is 0 Å². The molecule has 0 atom stereocenters. The van der Waals surface area contributed by atoms with Gasteiger partial charge in [-0.05, 0) is 75.0 Å². The second kappa shape index (κ2) is 10.5. The number of hydrogen-bond donors (Lipinski definition) is 1. The number of nitrogens with zero attached hydrogens (tertiary/aromatic N) is 4. The highest BCUT2D eigenvalue weighted by Crippen LogP contribution is 2.29. The molecule has 1 aliphatic heterocycles. The molecule has 1 aromatic heterocycles. The average Bonchev–Trinajstić information content (AvgIpc) is 3.22. The summed E-state index contributed by atoms with van der Waals surface area (Å²) in [5.41, 5.74) is 4.52. The van der Waals surface area contributed by atoms with Crippen molar-refractivity contribution in [2.45, 2.75) is 45.6 Å². The minimum absolute atomic E-state index is 0.0296. The molecule has 0 unspecified atom stereocenters. The monoisotopic (exact) mass is 460 g/mol. The van der Waals surface area contributed by atoms with Crippen molar-refractivity contribution < 1.29 is 19.2 Å². The van der Waals surface area contributed by atoms with Gasteiger partial charge >= 0.3 is 5.97 Å². The first kappa shape index (κ1) is 23.5. The highest BCUT2D eigenvalue weighted by Gasteiger charge is 2.18. The Bertz CT molecular complexity index is 1210. The fourth-order valence-electron chi connectivity index (χ4n) is 4.15. The van der Waals surface area contributed by atoms with E-state index in [1.165, 1.54) is 11.1 Å². The molecule has 0 spiro atoms. The summed E-state index contributed by atoms with van der Waals surface area (Å²) in [7, 11) is 0. The molecular weight excluding hydrogens is 432 g/mol. The van der Waals surface area contributed by atoms with E-state index in [-0.39, 0.29) is 12.5 Å². The van der Waals surface area contributed by atoms with E-state index in [2.05, 4.69) is 33.2 Å². The maximum atomic E-state index is 10.8. The lowest BCUT2D eigenvalue weighted by Crippen LogP contribution is -2.27. The lowest BCUT2D eigenvalue weighted by molar-refractivity contribution is -0.137. The Balaban J connectivity index is 1.49. The standard InChI is InChI=1S/C26H28N4O4/c1-17(2)33-23-8-7-21(15-22(23)16-27)26-28-25(29-34-26)20-6-5-18-9-12-30(11-3-4-24(31)32)13-10-19(18)14-20/h5-8,14-15,17H,3-4,9-13H2,1-2H3,(H,31,32). The van der Waals surface area contributed by atoms with Gasteiger partial charge in [-0.1, -0.05) is 17.3 Å². The molecule has 0 aliphatic carbocycles. The highest BCUT2D eigenvalue weighted by atomic mass is 16.5. The molecule has 0 bridgehead atoms. The van der Waals surface area contributed by atoms with Gasteiger partial charge in [0, 0.05) is 30.6 Å². The van der Waals surface area contributed by atoms with Gasteiger partial charge in [-0.15, -0.1) is 0 Å². The second-order valence-corrected chi connectivity index (χ2v) is 8.73. The Morgan fingerprint density at radius 3 is 2.68 bits per heavy atom. The molecule has 0 amide bonds. The molecule has 2 aromatic carbocycles. The number of hydrogen-bond acceptors (Lipinski definition) is 7. The molecule has 3 aromatic rings. The lowest BCUT2D eigenvalue weighted by atomic mass is 10.00. The van der Waals surface area contributed by atoms with Crippen LogP contribution in [0.4, 0.5) is 0 Å². The third-order valence-electron chi connectivity index (χ3n) is 5.86. The van der Waals surface area contributed by atoms with E-state index in [0.29, 0.717) is 35.0 Å². The van der Waals surface area contributed by atoms with Crippen LogP contribution in [0.5, 0.6) is 5.75 Å². The number of rotatable bonds is 8. The Labute approximate surface area is 198 Å². The first-order chi connectivity index (χ1) is 16.4. The van der Waals surface area contributed by atoms with Gasteiger partial charge in [-0.2, -0.15) is 10.2 Å². The number of aromatic nitrogens is 2. The summed E-state index contributed by atoms with van der Waals surface area (Å²) >= 11 is 0. The van der Waals surface area contributed by atoms with Crippen LogP contribution >= 0.6 is 0 Å². The number of fused-ring (bicyclic) bond motifs is 1. The van der Waals surface area contributed by atoms with Crippen LogP contribution in [0.3, 0.4) is 0 Å². The Hall–Kier alpha value is -3.70. The van der Waals surface area contributed by atoms with Crippen molar-refractivity contribution in [1.29, 1.82) is 5.26 Å². The second-order valence-electron chi connectivity index (χ2n) is 8.73. The normalized spacial score (nSPS) is 13.8. The Morgan fingerprint density at radius 2 is 1.94 bits per heavy atom. The van der Waals surface area contributed by atoms with Crippen LogP contribution in [-0.2, 0) is 17.6 Å². The fourth-order valence-corrected chi connectivity index (χ4v) is 4.15. The maximum absolute atomic E-state index is 10.8. The Morgan fingerprint density at radius 1 is 1.18 bits per heavy atom. The first-order valence-corrected chi connectivity index (χ1v) is 11.5. The largest absolute Gasteiger partial charge is 0.490 e. The highest BCUT2D eigenvalue weighted by molar-refractivity contribution is 5.66. The summed E-state index contributed by atoms with van der Waals surface area (Å²) in [5.74, 6) is 0.637. The van der Waals surface area contributed by atoms with Crippen LogP contribution in [0, 0.1) is 11.3 Å². The topological polar surface area (TPSA) is 112 Å². The van der Waals surface area contributed by atoms with Crippen LogP contribution < -0.4 is 4.74 Å². The zero-order valence-electron chi connectivity index (χ0n) is 19.5. The number of carboxylic acids is 1. The van der Waals surface area contributed by atoms with Gasteiger partial charge in [0.1, 0.15) is 11.8 Å². The van der Waals surface area contributed by atoms with Crippen LogP contribution in [-0.4, -0.2) is 51.9 Å². The van der Waals surface area contributed by atoms with Gasteiger partial charge in [0.05, 0.1) is 11.7 Å². The number of aliphatic carboxylic acids is 1. The molecule has 176 valence electrons. The molecule has 2 heterocycles. The number of ether oxygens (including phenoxy) is 1. The quantitative estimate of drug-likeness (QED) is 0.529. The van der Waals surface area contributed by atoms with Crippen molar-refractivity contribution in [2.24, 2.45) is 0 Å². The van der Waals surface area contributed by atoms with Gasteiger partial charge in [0.2, 0.25) is 5.82 Å². The molecule has 0 saturated carbocycles. The zero-order valence-corrected chi connectivity index (χ0v) is 19.5. The van der Waals surface area contributed by atoms with E-state index in [0.717, 1.165) is 38.0 Å². The molecular formula is C26H28N4O4. The molecule has 0 saturated heterocycles. The molecule has 0 radical (unpaired) electrons. The minimum atomic E-state index is -0.745. The van der Waals surface area contributed by atoms with Crippen molar-refractivity contribution in [2.75, 3.05) is 19.6 Å².